The number of carbonyl (C=O) groups excluding carboxylic acids is 1. The molecule has 1 atom stereocenters. The maximum Gasteiger partial charge on any atom is 0.271 e. The van der Waals surface area contributed by atoms with Crippen LogP contribution < -0.4 is 5.32 Å². The molecule has 2 aromatic rings. The van der Waals surface area contributed by atoms with Crippen molar-refractivity contribution in [2.75, 3.05) is 6.61 Å². The summed E-state index contributed by atoms with van der Waals surface area (Å²) in [5, 5.41) is 15.1. The van der Waals surface area contributed by atoms with Crippen molar-refractivity contribution in [2.45, 2.75) is 32.7 Å². The molecule has 108 valence electrons. The lowest BCUT2D eigenvalue weighted by Crippen LogP contribution is -2.31. The van der Waals surface area contributed by atoms with Gasteiger partial charge >= 0.3 is 0 Å². The molecule has 5 nitrogen and oxygen atoms in total. The van der Waals surface area contributed by atoms with Gasteiger partial charge in [0.25, 0.3) is 5.91 Å². The number of thiazole rings is 1. The van der Waals surface area contributed by atoms with E-state index in [2.05, 4.69) is 28.5 Å². The molecule has 1 amide bonds. The van der Waals surface area contributed by atoms with Gasteiger partial charge in [0.15, 0.2) is 0 Å². The fourth-order valence-corrected chi connectivity index (χ4v) is 3.08. The molecular weight excluding hydrogens is 294 g/mol. The molecule has 2 N–H and O–H groups in total. The van der Waals surface area contributed by atoms with Gasteiger partial charge in [-0.3, -0.25) is 4.79 Å². The van der Waals surface area contributed by atoms with E-state index in [-0.39, 0.29) is 12.5 Å². The van der Waals surface area contributed by atoms with Crippen molar-refractivity contribution in [3.63, 3.8) is 0 Å². The number of hydrogen-bond donors (Lipinski definition) is 2. The van der Waals surface area contributed by atoms with Crippen LogP contribution >= 0.6 is 22.9 Å². The van der Waals surface area contributed by atoms with E-state index in [4.69, 9.17) is 0 Å². The van der Waals surface area contributed by atoms with Gasteiger partial charge in [-0.15, -0.1) is 11.3 Å². The quantitative estimate of drug-likeness (QED) is 0.889. The third-order valence-corrected chi connectivity index (χ3v) is 4.60. The topological polar surface area (TPSA) is 75.1 Å². The average molecular weight is 311 g/mol. The molecule has 2 rings (SSSR count). The minimum absolute atomic E-state index is 0.184. The first kappa shape index (κ1) is 15.1. The highest BCUT2D eigenvalue weighted by Crippen LogP contribution is 2.23. The first-order chi connectivity index (χ1) is 9.51. The summed E-state index contributed by atoms with van der Waals surface area (Å²) >= 11 is 2.83. The van der Waals surface area contributed by atoms with E-state index >= 15 is 0 Å². The summed E-state index contributed by atoms with van der Waals surface area (Å²) in [5.41, 5.74) is 1.08. The third kappa shape index (κ3) is 3.41. The molecule has 20 heavy (non-hydrogen) atoms. The van der Waals surface area contributed by atoms with Gasteiger partial charge in [-0.25, -0.2) is 4.98 Å². The number of rotatable bonds is 5. The van der Waals surface area contributed by atoms with E-state index in [1.54, 1.807) is 17.4 Å². The molecule has 7 heteroatoms. The van der Waals surface area contributed by atoms with Crippen molar-refractivity contribution in [3.8, 4) is 0 Å². The predicted octanol–water partition coefficient (Wildman–Crippen LogP) is 2.49. The number of carbonyl (C=O) groups is 1. The Bertz CT molecular complexity index is 592. The second-order valence-corrected chi connectivity index (χ2v) is 6.70. The smallest absolute Gasteiger partial charge is 0.271 e. The van der Waals surface area contributed by atoms with Crippen molar-refractivity contribution in [3.05, 3.63) is 32.7 Å². The lowest BCUT2D eigenvalue weighted by Gasteiger charge is -2.13. The Labute approximate surface area is 125 Å². The van der Waals surface area contributed by atoms with Gasteiger partial charge < -0.3 is 10.4 Å². The molecule has 0 aromatic carbocycles. The van der Waals surface area contributed by atoms with Gasteiger partial charge in [0.2, 0.25) is 0 Å². The van der Waals surface area contributed by atoms with E-state index in [9.17, 15) is 9.90 Å². The van der Waals surface area contributed by atoms with Crippen LogP contribution in [-0.2, 0) is 0 Å². The van der Waals surface area contributed by atoms with Crippen LogP contribution in [0, 0.1) is 6.92 Å². The van der Waals surface area contributed by atoms with Crippen LogP contribution in [0.15, 0.2) is 11.4 Å². The van der Waals surface area contributed by atoms with Crippen molar-refractivity contribution in [2.24, 2.45) is 0 Å². The van der Waals surface area contributed by atoms with Crippen LogP contribution in [0.3, 0.4) is 0 Å². The zero-order chi connectivity index (χ0) is 14.7. The molecular formula is C13H17N3O2S2. The van der Waals surface area contributed by atoms with E-state index in [1.807, 2.05) is 12.3 Å². The van der Waals surface area contributed by atoms with Crippen molar-refractivity contribution >= 4 is 28.8 Å². The number of aliphatic hydroxyl groups excluding tert-OH is 1. The zero-order valence-electron chi connectivity index (χ0n) is 11.6. The molecule has 0 radical (unpaired) electrons. The Kier molecular flexibility index (Phi) is 4.85. The summed E-state index contributed by atoms with van der Waals surface area (Å²) < 4.78 is 4.06. The van der Waals surface area contributed by atoms with Gasteiger partial charge in [0.05, 0.1) is 23.4 Å². The van der Waals surface area contributed by atoms with Crippen LogP contribution in [0.5, 0.6) is 0 Å². The van der Waals surface area contributed by atoms with E-state index in [0.29, 0.717) is 17.3 Å². The molecule has 0 saturated heterocycles. The average Bonchev–Trinajstić information content (AvgIpc) is 3.04. The number of hydrogen-bond acceptors (Lipinski definition) is 6. The normalized spacial score (nSPS) is 12.7. The van der Waals surface area contributed by atoms with Crippen LogP contribution in [0.4, 0.5) is 0 Å². The second kappa shape index (κ2) is 6.43. The Balaban J connectivity index is 2.10. The summed E-state index contributed by atoms with van der Waals surface area (Å²) in [6.07, 6.45) is 0. The van der Waals surface area contributed by atoms with Gasteiger partial charge in [-0.05, 0) is 24.5 Å². The summed E-state index contributed by atoms with van der Waals surface area (Å²) in [6.45, 7) is 5.84. The van der Waals surface area contributed by atoms with Gasteiger partial charge in [0, 0.05) is 16.2 Å². The Hall–Kier alpha value is -1.31. The molecule has 0 spiro atoms. The molecule has 0 aliphatic rings. The first-order valence-corrected chi connectivity index (χ1v) is 7.97. The lowest BCUT2D eigenvalue weighted by molar-refractivity contribution is 0.0911. The van der Waals surface area contributed by atoms with Gasteiger partial charge in [-0.1, -0.05) is 13.8 Å². The summed E-state index contributed by atoms with van der Waals surface area (Å²) in [4.78, 5) is 17.5. The van der Waals surface area contributed by atoms with Crippen molar-refractivity contribution < 1.29 is 9.90 Å². The molecule has 2 aromatic heterocycles. The highest BCUT2D eigenvalue weighted by Gasteiger charge is 2.19. The molecule has 0 saturated carbocycles. The van der Waals surface area contributed by atoms with Crippen molar-refractivity contribution in [1.29, 1.82) is 0 Å². The van der Waals surface area contributed by atoms with Gasteiger partial charge in [0.1, 0.15) is 5.69 Å². The number of amides is 1. The van der Waals surface area contributed by atoms with E-state index in [1.165, 1.54) is 11.5 Å². The Morgan fingerprint density at radius 3 is 2.75 bits per heavy atom. The highest BCUT2D eigenvalue weighted by atomic mass is 32.1. The summed E-state index contributed by atoms with van der Waals surface area (Å²) in [5.74, 6) is 0.0532. The Morgan fingerprint density at radius 1 is 1.50 bits per heavy atom. The van der Waals surface area contributed by atoms with Crippen molar-refractivity contribution in [1.82, 2.24) is 14.7 Å². The largest absolute Gasteiger partial charge is 0.394 e. The number of aromatic nitrogens is 2. The number of nitrogens with zero attached hydrogens (tertiary/aromatic N) is 2. The lowest BCUT2D eigenvalue weighted by atomic mass is 10.2. The molecule has 2 heterocycles. The monoisotopic (exact) mass is 311 g/mol. The van der Waals surface area contributed by atoms with Crippen LogP contribution in [0.25, 0.3) is 0 Å². The van der Waals surface area contributed by atoms with Crippen LogP contribution in [-0.4, -0.2) is 27.0 Å². The molecule has 0 aliphatic carbocycles. The fourth-order valence-electron chi connectivity index (χ4n) is 1.64. The zero-order valence-corrected chi connectivity index (χ0v) is 13.2. The van der Waals surface area contributed by atoms with E-state index in [0.717, 1.165) is 9.88 Å². The maximum atomic E-state index is 12.0. The van der Waals surface area contributed by atoms with Crippen LogP contribution in [0.2, 0.25) is 0 Å². The Morgan fingerprint density at radius 2 is 2.25 bits per heavy atom. The van der Waals surface area contributed by atoms with E-state index < -0.39 is 6.04 Å². The number of aryl methyl sites for hydroxylation is 1. The molecule has 0 fully saturated rings. The predicted molar refractivity (Wildman–Crippen MR) is 80.3 cm³/mol. The fraction of sp³-hybridized carbons (Fsp3) is 0.462. The maximum absolute atomic E-state index is 12.0. The summed E-state index contributed by atoms with van der Waals surface area (Å²) in [6, 6.07) is 1.24. The van der Waals surface area contributed by atoms with Crippen LogP contribution in [0.1, 0.15) is 51.9 Å². The number of aliphatic hydroxyl groups is 1. The van der Waals surface area contributed by atoms with Gasteiger partial charge in [-0.2, -0.15) is 4.37 Å². The second-order valence-electron chi connectivity index (χ2n) is 4.80. The SMILES string of the molecule is Cc1cc(C(=O)N[C@@H](CO)c2csc(C(C)C)n2)ns1. The number of nitrogens with one attached hydrogen (secondary N) is 1. The standard InChI is InChI=1S/C13H17N3O2S2/c1-7(2)13-15-11(6-19-13)10(5-17)14-12(18)9-4-8(3)20-16-9/h4,6-7,10,17H,5H2,1-3H3,(H,14,18)/t10-/m0/s1. The molecule has 0 bridgehead atoms. The third-order valence-electron chi connectivity index (χ3n) is 2.74. The highest BCUT2D eigenvalue weighted by molar-refractivity contribution is 7.09. The minimum Gasteiger partial charge on any atom is -0.394 e. The molecule has 0 unspecified atom stereocenters. The first-order valence-electron chi connectivity index (χ1n) is 6.31. The molecule has 0 aliphatic heterocycles. The minimum atomic E-state index is -0.492. The summed E-state index contributed by atoms with van der Waals surface area (Å²) in [7, 11) is 0.